The molecule has 1 amide bonds. The van der Waals surface area contributed by atoms with Gasteiger partial charge >= 0.3 is 0 Å². The number of nitrogens with zero attached hydrogens (tertiary/aromatic N) is 3. The van der Waals surface area contributed by atoms with Crippen LogP contribution in [-0.4, -0.2) is 73.7 Å². The molecule has 1 fully saturated rings. The number of nitrogens with one attached hydrogen (secondary N) is 2. The fourth-order valence-corrected chi connectivity index (χ4v) is 7.15. The standard InChI is InChI=1S/C37H39N5O4S/c1-41(2)37(44)28-20-23-42(24-21-28)22-19-26-13-15-29(16-14-26)38-35(27-9-5-3-6-10-27)34-32-25-31(17-18-33(32)39-36(34)43)47(45,46)40-30-11-7-4-8-12-30/h3-18,25,28,39-40,43H,19-24H2,1-2H3. The number of para-hydroxylation sites is 1. The van der Waals surface area contributed by atoms with Crippen molar-refractivity contribution in [1.82, 2.24) is 14.8 Å². The summed E-state index contributed by atoms with van der Waals surface area (Å²) in [5.74, 6) is 0.249. The van der Waals surface area contributed by atoms with Gasteiger partial charge in [0.2, 0.25) is 5.91 Å². The molecule has 0 bridgehead atoms. The molecule has 4 aromatic carbocycles. The second-order valence-corrected chi connectivity index (χ2v) is 13.8. The number of hydrogen-bond acceptors (Lipinski definition) is 6. The third-order valence-electron chi connectivity index (χ3n) is 8.64. The van der Waals surface area contributed by atoms with Crippen LogP contribution in [0.1, 0.15) is 29.5 Å². The molecule has 1 aliphatic heterocycles. The minimum Gasteiger partial charge on any atom is -0.494 e. The maximum atomic E-state index is 13.3. The fourth-order valence-electron chi connectivity index (χ4n) is 6.07. The highest BCUT2D eigenvalue weighted by atomic mass is 32.2. The molecular formula is C37H39N5O4S. The van der Waals surface area contributed by atoms with Crippen LogP contribution in [0, 0.1) is 5.92 Å². The van der Waals surface area contributed by atoms with Crippen molar-refractivity contribution in [3.05, 3.63) is 120 Å². The molecule has 9 nitrogen and oxygen atoms in total. The van der Waals surface area contributed by atoms with Gasteiger partial charge in [0, 0.05) is 48.7 Å². The van der Waals surface area contributed by atoms with Crippen LogP contribution in [0.5, 0.6) is 5.88 Å². The van der Waals surface area contributed by atoms with E-state index in [1.165, 1.54) is 11.6 Å². The number of carbonyl (C=O) groups excluding carboxylic acids is 1. The number of piperidine rings is 1. The van der Waals surface area contributed by atoms with Crippen LogP contribution in [0.4, 0.5) is 11.4 Å². The first-order valence-corrected chi connectivity index (χ1v) is 17.3. The van der Waals surface area contributed by atoms with E-state index < -0.39 is 10.0 Å². The summed E-state index contributed by atoms with van der Waals surface area (Å²) >= 11 is 0. The van der Waals surface area contributed by atoms with Crippen molar-refractivity contribution in [1.29, 1.82) is 0 Å². The van der Waals surface area contributed by atoms with Crippen molar-refractivity contribution >= 4 is 43.9 Å². The number of carbonyl (C=O) groups is 1. The predicted octanol–water partition coefficient (Wildman–Crippen LogP) is 6.19. The van der Waals surface area contributed by atoms with E-state index in [-0.39, 0.29) is 22.6 Å². The number of amides is 1. The number of likely N-dealkylation sites (tertiary alicyclic amines) is 1. The Kier molecular flexibility index (Phi) is 9.42. The summed E-state index contributed by atoms with van der Waals surface area (Å²) in [6, 6.07) is 31.1. The van der Waals surface area contributed by atoms with Gasteiger partial charge in [-0.05, 0) is 80.4 Å². The van der Waals surface area contributed by atoms with Gasteiger partial charge in [0.25, 0.3) is 10.0 Å². The number of sulfonamides is 1. The molecule has 1 aliphatic rings. The summed E-state index contributed by atoms with van der Waals surface area (Å²) < 4.78 is 29.3. The molecule has 1 saturated heterocycles. The first kappa shape index (κ1) is 32.0. The van der Waals surface area contributed by atoms with Crippen molar-refractivity contribution in [3.8, 4) is 5.88 Å². The topological polar surface area (TPSA) is 118 Å². The minimum absolute atomic E-state index is 0.0689. The van der Waals surface area contributed by atoms with Crippen LogP contribution in [0.15, 0.2) is 113 Å². The molecule has 0 spiro atoms. The third kappa shape index (κ3) is 7.40. The molecule has 47 heavy (non-hydrogen) atoms. The maximum Gasteiger partial charge on any atom is 0.261 e. The van der Waals surface area contributed by atoms with Crippen LogP contribution in [0.3, 0.4) is 0 Å². The van der Waals surface area contributed by atoms with Crippen LogP contribution in [0.2, 0.25) is 0 Å². The normalized spacial score (nSPS) is 14.7. The summed E-state index contributed by atoms with van der Waals surface area (Å²) in [5, 5.41) is 11.7. The molecule has 242 valence electrons. The van der Waals surface area contributed by atoms with Gasteiger partial charge in [-0.1, -0.05) is 60.7 Å². The predicted molar refractivity (Wildman–Crippen MR) is 187 cm³/mol. The molecule has 3 N–H and O–H groups in total. The second kappa shape index (κ2) is 13.8. The Morgan fingerprint density at radius 3 is 2.26 bits per heavy atom. The SMILES string of the molecule is CN(C)C(=O)C1CCN(CCc2ccc(N=C(c3ccccc3)c3c(O)[nH]c4ccc(S(=O)(=O)Nc5ccccc5)cc34)cc2)CC1. The highest BCUT2D eigenvalue weighted by Gasteiger charge is 2.26. The van der Waals surface area contributed by atoms with Crippen LogP contribution >= 0.6 is 0 Å². The van der Waals surface area contributed by atoms with E-state index in [0.717, 1.165) is 44.5 Å². The van der Waals surface area contributed by atoms with E-state index in [9.17, 15) is 18.3 Å². The van der Waals surface area contributed by atoms with Gasteiger partial charge in [-0.25, -0.2) is 13.4 Å². The van der Waals surface area contributed by atoms with Gasteiger partial charge in [0.1, 0.15) is 0 Å². The van der Waals surface area contributed by atoms with Crippen molar-refractivity contribution in [2.24, 2.45) is 10.9 Å². The largest absolute Gasteiger partial charge is 0.494 e. The van der Waals surface area contributed by atoms with E-state index in [1.54, 1.807) is 41.3 Å². The first-order valence-electron chi connectivity index (χ1n) is 15.8. The number of anilines is 1. The molecular weight excluding hydrogens is 611 g/mol. The highest BCUT2D eigenvalue weighted by molar-refractivity contribution is 7.92. The van der Waals surface area contributed by atoms with E-state index in [0.29, 0.717) is 33.6 Å². The number of H-pyrrole nitrogens is 1. The Bertz CT molecular complexity index is 1980. The molecule has 10 heteroatoms. The number of aromatic hydroxyl groups is 1. The fraction of sp³-hybridized carbons (Fsp3) is 0.243. The Balaban J connectivity index is 1.25. The van der Waals surface area contributed by atoms with E-state index in [2.05, 4.69) is 26.7 Å². The number of hydrogen-bond donors (Lipinski definition) is 3. The smallest absolute Gasteiger partial charge is 0.261 e. The lowest BCUT2D eigenvalue weighted by molar-refractivity contribution is -0.134. The lowest BCUT2D eigenvalue weighted by Crippen LogP contribution is -2.40. The van der Waals surface area contributed by atoms with Crippen molar-refractivity contribution in [2.45, 2.75) is 24.2 Å². The van der Waals surface area contributed by atoms with Gasteiger partial charge in [-0.2, -0.15) is 0 Å². The van der Waals surface area contributed by atoms with Crippen molar-refractivity contribution < 1.29 is 18.3 Å². The van der Waals surface area contributed by atoms with Crippen molar-refractivity contribution in [3.63, 3.8) is 0 Å². The number of aliphatic imine (C=N–C) groups is 1. The van der Waals surface area contributed by atoms with Gasteiger partial charge in [0.15, 0.2) is 5.88 Å². The van der Waals surface area contributed by atoms with Crippen LogP contribution < -0.4 is 4.72 Å². The average molecular weight is 650 g/mol. The van der Waals surface area contributed by atoms with E-state index in [1.807, 2.05) is 62.6 Å². The van der Waals surface area contributed by atoms with E-state index in [4.69, 9.17) is 4.99 Å². The van der Waals surface area contributed by atoms with Crippen LogP contribution in [0.25, 0.3) is 10.9 Å². The number of fused-ring (bicyclic) bond motifs is 1. The summed E-state index contributed by atoms with van der Waals surface area (Å²) in [7, 11) is -0.252. The Morgan fingerprint density at radius 2 is 1.60 bits per heavy atom. The third-order valence-corrected chi connectivity index (χ3v) is 10.0. The molecule has 1 aromatic heterocycles. The van der Waals surface area contributed by atoms with Gasteiger partial charge in [0.05, 0.1) is 21.9 Å². The number of benzene rings is 4. The molecule has 0 unspecified atom stereocenters. The van der Waals surface area contributed by atoms with Gasteiger partial charge in [-0.3, -0.25) is 9.52 Å². The zero-order valence-electron chi connectivity index (χ0n) is 26.6. The molecule has 0 atom stereocenters. The second-order valence-electron chi connectivity index (χ2n) is 12.1. The molecule has 5 aromatic rings. The summed E-state index contributed by atoms with van der Waals surface area (Å²) in [4.78, 5) is 24.5. The highest BCUT2D eigenvalue weighted by Crippen LogP contribution is 2.33. The zero-order valence-corrected chi connectivity index (χ0v) is 27.4. The number of rotatable bonds is 10. The number of aromatic nitrogens is 1. The molecule has 6 rings (SSSR count). The van der Waals surface area contributed by atoms with Crippen molar-refractivity contribution in [2.75, 3.05) is 38.5 Å². The minimum atomic E-state index is -3.90. The number of aromatic amines is 1. The molecule has 2 heterocycles. The van der Waals surface area contributed by atoms with Gasteiger partial charge < -0.3 is 19.9 Å². The average Bonchev–Trinajstić information content (AvgIpc) is 3.42. The first-order chi connectivity index (χ1) is 22.7. The summed E-state index contributed by atoms with van der Waals surface area (Å²) in [6.07, 6.45) is 2.68. The molecule has 0 saturated carbocycles. The summed E-state index contributed by atoms with van der Waals surface area (Å²) in [5.41, 5.74) is 4.66. The quantitative estimate of drug-likeness (QED) is 0.156. The summed E-state index contributed by atoms with van der Waals surface area (Å²) in [6.45, 7) is 2.77. The Hall–Kier alpha value is -4.93. The molecule has 0 aliphatic carbocycles. The van der Waals surface area contributed by atoms with Crippen LogP contribution in [-0.2, 0) is 21.2 Å². The Labute approximate surface area is 275 Å². The maximum absolute atomic E-state index is 13.3. The molecule has 0 radical (unpaired) electrons. The van der Waals surface area contributed by atoms with E-state index >= 15 is 0 Å². The lowest BCUT2D eigenvalue weighted by atomic mass is 9.95. The van der Waals surface area contributed by atoms with Gasteiger partial charge in [-0.15, -0.1) is 0 Å². The zero-order chi connectivity index (χ0) is 33.0. The lowest BCUT2D eigenvalue weighted by Gasteiger charge is -2.32. The monoisotopic (exact) mass is 649 g/mol. The Morgan fingerprint density at radius 1 is 0.936 bits per heavy atom.